The second kappa shape index (κ2) is 41.1. The van der Waals surface area contributed by atoms with Gasteiger partial charge in [0.15, 0.2) is 5.82 Å². The molecule has 5 saturated heterocycles. The molecule has 1 aromatic heterocycles. The highest BCUT2D eigenvalue weighted by molar-refractivity contribution is 6.11. The van der Waals surface area contributed by atoms with E-state index in [2.05, 4.69) is 110 Å². The number of piperazine rings is 2. The molecule has 34 heteroatoms. The number of halogens is 13. The molecule has 128 heavy (non-hydrogen) atoms. The third kappa shape index (κ3) is 23.5. The van der Waals surface area contributed by atoms with Crippen molar-refractivity contribution in [2.75, 3.05) is 164 Å². The highest BCUT2D eigenvalue weighted by Crippen LogP contribution is 2.44. The van der Waals surface area contributed by atoms with E-state index in [9.17, 15) is 58.3 Å². The molecule has 8 aliphatic heterocycles. The lowest BCUT2D eigenvalue weighted by molar-refractivity contribution is -0.115. The average Bonchev–Trinajstić information content (AvgIpc) is 1.19. The van der Waals surface area contributed by atoms with Crippen LogP contribution in [0.4, 0.5) is 91.3 Å². The van der Waals surface area contributed by atoms with Gasteiger partial charge in [-0.3, -0.25) is 29.1 Å². The number of nitrogens with zero attached hydrogens (tertiary/aromatic N) is 9. The van der Waals surface area contributed by atoms with Gasteiger partial charge in [0.25, 0.3) is 17.7 Å². The van der Waals surface area contributed by atoms with Crippen LogP contribution in [0.3, 0.4) is 0 Å². The average molecular weight is 1790 g/mol. The number of morpholine rings is 2. The molecule has 9 heterocycles. The molecule has 7 N–H and O–H groups in total. The molecule has 6 aromatic rings. The third-order valence-electron chi connectivity index (χ3n) is 24.4. The summed E-state index contributed by atoms with van der Waals surface area (Å²) in [7, 11) is 8.00. The quantitative estimate of drug-likeness (QED) is 0.0357. The molecule has 1 aliphatic carbocycles. The molecular weight excluding hydrogens is 1680 g/mol. The number of hydrogen-bond acceptors (Lipinski definition) is 18. The van der Waals surface area contributed by atoms with Crippen molar-refractivity contribution >= 4 is 52.0 Å². The fourth-order valence-electron chi connectivity index (χ4n) is 16.9. The predicted molar refractivity (Wildman–Crippen MR) is 471 cm³/mol. The number of rotatable bonds is 20. The van der Waals surface area contributed by atoms with Gasteiger partial charge in [-0.05, 0) is 169 Å². The number of dihydropyridines is 3. The minimum atomic E-state index is -4.79. The van der Waals surface area contributed by atoms with Crippen molar-refractivity contribution in [2.45, 2.75) is 115 Å². The summed E-state index contributed by atoms with van der Waals surface area (Å²) in [5, 5.41) is 19.1. The Morgan fingerprint density at radius 2 is 0.930 bits per heavy atom. The van der Waals surface area contributed by atoms with E-state index in [0.717, 1.165) is 126 Å². The van der Waals surface area contributed by atoms with Gasteiger partial charge >= 0.3 is 18.5 Å². The number of hydrogen-bond donors (Lipinski definition) is 7. The second-order valence-corrected chi connectivity index (χ2v) is 33.7. The minimum Gasteiger partial charge on any atom is -0.379 e. The monoisotopic (exact) mass is 1790 g/mol. The van der Waals surface area contributed by atoms with E-state index in [0.29, 0.717) is 124 Å². The number of carbonyl (C=O) groups is 3. The maximum Gasteiger partial charge on any atom is 0.417 e. The Morgan fingerprint density at radius 3 is 1.39 bits per heavy atom. The van der Waals surface area contributed by atoms with E-state index >= 15 is 13.2 Å². The summed E-state index contributed by atoms with van der Waals surface area (Å²) >= 11 is 0. The molecule has 3 atom stereocenters. The molecule has 0 bridgehead atoms. The number of nitrogens with one attached hydrogen (secondary N) is 7. The van der Waals surface area contributed by atoms with Crippen LogP contribution in [0.25, 0.3) is 33.4 Å². The summed E-state index contributed by atoms with van der Waals surface area (Å²) in [6, 6.07) is 24.9. The van der Waals surface area contributed by atoms with Gasteiger partial charge in [0.05, 0.1) is 88.3 Å². The van der Waals surface area contributed by atoms with Gasteiger partial charge in [-0.2, -0.15) is 39.5 Å². The molecule has 3 amide bonds. The maximum absolute atomic E-state index is 15.9. The van der Waals surface area contributed by atoms with Crippen LogP contribution in [-0.2, 0) is 43.5 Å². The predicted octanol–water partition coefficient (Wildman–Crippen LogP) is 15.8. The van der Waals surface area contributed by atoms with Crippen molar-refractivity contribution in [1.29, 1.82) is 0 Å². The molecule has 5 aromatic carbocycles. The molecule has 1 saturated carbocycles. The van der Waals surface area contributed by atoms with E-state index in [-0.39, 0.29) is 75.9 Å². The van der Waals surface area contributed by atoms with Crippen LogP contribution in [0.1, 0.15) is 69.1 Å². The van der Waals surface area contributed by atoms with Gasteiger partial charge in [0.1, 0.15) is 23.3 Å². The van der Waals surface area contributed by atoms with E-state index in [1.54, 1.807) is 66.7 Å². The Hall–Kier alpha value is -11.1. The number of aromatic nitrogens is 1. The molecule has 15 rings (SSSR count). The Morgan fingerprint density at radius 1 is 0.492 bits per heavy atom. The van der Waals surface area contributed by atoms with Crippen LogP contribution in [0, 0.1) is 23.3 Å². The van der Waals surface area contributed by atoms with Crippen molar-refractivity contribution in [3.8, 4) is 33.4 Å². The van der Waals surface area contributed by atoms with Crippen molar-refractivity contribution < 1.29 is 80.9 Å². The first-order valence-electron chi connectivity index (χ1n) is 42.7. The smallest absolute Gasteiger partial charge is 0.379 e. The van der Waals surface area contributed by atoms with Crippen LogP contribution in [-0.4, -0.2) is 223 Å². The van der Waals surface area contributed by atoms with Crippen molar-refractivity contribution in [1.82, 2.24) is 50.8 Å². The molecular formula is C94H107F13N16O5. The summed E-state index contributed by atoms with van der Waals surface area (Å²) in [6.45, 7) is 26.9. The number of amides is 3. The zero-order valence-corrected chi connectivity index (χ0v) is 72.3. The molecule has 21 nitrogen and oxygen atoms in total. The third-order valence-corrected chi connectivity index (χ3v) is 24.4. The topological polar surface area (TPSA) is 193 Å². The summed E-state index contributed by atoms with van der Waals surface area (Å²) < 4.78 is 196. The number of anilines is 6. The Balaban J connectivity index is 0.000000164. The molecule has 0 spiro atoms. The van der Waals surface area contributed by atoms with E-state index < -0.39 is 93.0 Å². The Bertz CT molecular complexity index is 5310. The summed E-state index contributed by atoms with van der Waals surface area (Å²) in [5.74, 6) is -4.75. The highest BCUT2D eigenvalue weighted by Gasteiger charge is 2.44. The summed E-state index contributed by atoms with van der Waals surface area (Å²) in [5.41, 5.74) is 0.741. The SMILES string of the molecule is C=C1C=C(C(F)(F)F)C(C(=O)Nc2cc(-c3cc(CN4CCOCC4)ccc3F)ccc2N2CCC(N(C)C)C2)=CN1.C=C1C=C(C(F)(F)F)C(C(=O)Nc2cc(-c3cc(CN4CCOCC4)ccc3F)cnc2N2CCN(C)CC2)=CN1.C=C1C=C(C(F)(F)F)C(C(=O)Nc2cc(-c3ccc(F)c(CNC4CCCCC4)c3F)ccc2N2C[C@@H](C)N(C)[C@@H](C)C2)=CN1. The number of carbonyl (C=O) groups excluding carboxylic acids is 3. The van der Waals surface area contributed by atoms with E-state index in [1.165, 1.54) is 30.5 Å². The highest BCUT2D eigenvalue weighted by atomic mass is 19.4. The van der Waals surface area contributed by atoms with Crippen molar-refractivity contribution in [3.05, 3.63) is 244 Å². The Labute approximate surface area is 736 Å². The normalized spacial score (nSPS) is 20.2. The zero-order valence-electron chi connectivity index (χ0n) is 72.3. The van der Waals surface area contributed by atoms with E-state index in [4.69, 9.17) is 9.47 Å². The first kappa shape index (κ1) is 94.5. The second-order valence-electron chi connectivity index (χ2n) is 33.7. The molecule has 6 fully saturated rings. The first-order chi connectivity index (χ1) is 60.9. The van der Waals surface area contributed by atoms with Gasteiger partial charge in [0.2, 0.25) is 0 Å². The molecule has 0 radical (unpaired) electrons. The lowest BCUT2D eigenvalue weighted by Crippen LogP contribution is -2.55. The van der Waals surface area contributed by atoms with Gasteiger partial charge < -0.3 is 71.2 Å². The Kier molecular flexibility index (Phi) is 30.4. The fourth-order valence-corrected chi connectivity index (χ4v) is 16.9. The zero-order chi connectivity index (χ0) is 91.6. The lowest BCUT2D eigenvalue weighted by Gasteiger charge is -2.44. The van der Waals surface area contributed by atoms with Crippen LogP contribution in [0.5, 0.6) is 0 Å². The van der Waals surface area contributed by atoms with Crippen LogP contribution < -0.4 is 51.9 Å². The van der Waals surface area contributed by atoms with Gasteiger partial charge in [0, 0.05) is 192 Å². The van der Waals surface area contributed by atoms with Crippen LogP contribution in [0.15, 0.2) is 204 Å². The number of benzene rings is 5. The number of likely N-dealkylation sites (N-methyl/N-ethyl adjacent to an activating group) is 3. The number of ether oxygens (including phenoxy) is 2. The van der Waals surface area contributed by atoms with Gasteiger partial charge in [-0.15, -0.1) is 0 Å². The summed E-state index contributed by atoms with van der Waals surface area (Å²) in [4.78, 5) is 61.7. The van der Waals surface area contributed by atoms with Crippen LogP contribution in [0.2, 0.25) is 0 Å². The lowest BCUT2D eigenvalue weighted by atomic mass is 9.95. The number of alkyl halides is 9. The number of allylic oxidation sites excluding steroid dienone is 3. The first-order valence-corrected chi connectivity index (χ1v) is 42.7. The molecule has 1 unspecified atom stereocenters. The largest absolute Gasteiger partial charge is 0.417 e. The molecule has 9 aliphatic rings. The maximum atomic E-state index is 15.9. The van der Waals surface area contributed by atoms with Gasteiger partial charge in [-0.1, -0.05) is 63.3 Å². The van der Waals surface area contributed by atoms with Crippen LogP contribution >= 0.6 is 0 Å². The van der Waals surface area contributed by atoms with E-state index in [1.807, 2.05) is 33.1 Å². The van der Waals surface area contributed by atoms with Crippen molar-refractivity contribution in [2.24, 2.45) is 0 Å². The minimum absolute atomic E-state index is 0.00235. The van der Waals surface area contributed by atoms with Gasteiger partial charge in [-0.25, -0.2) is 22.5 Å². The fraction of sp³-hybridized carbons (Fsp3) is 0.404. The molecule has 684 valence electrons. The van der Waals surface area contributed by atoms with Crippen molar-refractivity contribution in [3.63, 3.8) is 0 Å². The number of pyridine rings is 1. The summed E-state index contributed by atoms with van der Waals surface area (Å²) in [6.07, 6.45) is -1.28. The standard InChI is InChI=1S/C34H40F5N5O.C31H35F4N5O2.C29H32F4N6O2/c1-20-14-28(34(37,38)39)26(16-40-20)33(45)42-30-15-23(10-13-31(30)44-18-21(2)43(4)22(3)19-44)25-11-12-29(35)27(32(25)36)17-41-24-8-6-5-7-9-24;1-20-14-26(31(33,34)35)25(17-36-20)30(41)37-28-16-22(5-7-29(28)40-9-8-23(19-40)38(2)3)24-15-21(4-6-27(24)32)18-39-10-12-42-13-11-39;1-19-13-24(29(31,32)33)23(17-34-19)28(40)36-26-15-21(16-35-27(26)39-7-5-37(2)6-8-39)22-14-20(3-4-25(22)30)18-38-9-11-41-12-10-38/h10-16,21-22,24,40-41H,1,5-9,17-19H2,2-4H3,(H,42,45);4-7,14-17,23,36H,1,8-13,18-19H2,2-3H3,(H,37,41);3-4,13-17,34H,1,5-12,18H2,2H3,(H,36,40)/t21-,22+;;.